The van der Waals surface area contributed by atoms with Gasteiger partial charge in [0.15, 0.2) is 0 Å². The number of rotatable bonds is 15. The highest BCUT2D eigenvalue weighted by Crippen LogP contribution is 2.19. The van der Waals surface area contributed by atoms with Crippen LogP contribution in [0.5, 0.6) is 0 Å². The van der Waals surface area contributed by atoms with Gasteiger partial charge in [-0.3, -0.25) is 19.2 Å². The van der Waals surface area contributed by atoms with Crippen LogP contribution in [0.1, 0.15) is 24.8 Å². The van der Waals surface area contributed by atoms with Crippen molar-refractivity contribution in [1.82, 2.24) is 20.9 Å². The van der Waals surface area contributed by atoms with Crippen LogP contribution in [0.15, 0.2) is 30.5 Å². The van der Waals surface area contributed by atoms with Crippen molar-refractivity contribution in [2.24, 2.45) is 11.5 Å². The van der Waals surface area contributed by atoms with Crippen molar-refractivity contribution in [2.75, 3.05) is 18.6 Å². The Bertz CT molecular complexity index is 1090. The smallest absolute Gasteiger partial charge is 0.326 e. The maximum Gasteiger partial charge on any atom is 0.326 e. The van der Waals surface area contributed by atoms with E-state index in [0.29, 0.717) is 12.2 Å². The highest BCUT2D eigenvalue weighted by atomic mass is 32.2. The number of benzene rings is 1. The maximum atomic E-state index is 13.0. The number of nitrogens with two attached hydrogens (primary N) is 2. The van der Waals surface area contributed by atoms with Crippen molar-refractivity contribution in [3.8, 4) is 0 Å². The van der Waals surface area contributed by atoms with Gasteiger partial charge in [0.05, 0.1) is 12.6 Å². The molecule has 4 amide bonds. The molecule has 3 unspecified atom stereocenters. The zero-order chi connectivity index (χ0) is 26.7. The minimum absolute atomic E-state index is 0.134. The number of aromatic nitrogens is 1. The van der Waals surface area contributed by atoms with Gasteiger partial charge in [0.25, 0.3) is 0 Å². The molecule has 12 nitrogen and oxygen atoms in total. The van der Waals surface area contributed by atoms with Gasteiger partial charge < -0.3 is 37.5 Å². The SMILES string of the molecule is CSCCC(N)C(=O)NC(Cc1c[nH]c2ccccc12)C(=O)NCC(=O)NC(CCC(N)=O)C(=O)O. The number of aromatic amines is 1. The van der Waals surface area contributed by atoms with Crippen LogP contribution in [0.4, 0.5) is 0 Å². The molecule has 0 aliphatic carbocycles. The van der Waals surface area contributed by atoms with Gasteiger partial charge in [-0.1, -0.05) is 18.2 Å². The zero-order valence-electron chi connectivity index (χ0n) is 19.9. The third-order valence-electron chi connectivity index (χ3n) is 5.44. The predicted molar refractivity (Wildman–Crippen MR) is 136 cm³/mol. The molecule has 3 atom stereocenters. The summed E-state index contributed by atoms with van der Waals surface area (Å²) in [5.41, 5.74) is 12.6. The van der Waals surface area contributed by atoms with E-state index >= 15 is 0 Å². The number of hydrogen-bond acceptors (Lipinski definition) is 7. The van der Waals surface area contributed by atoms with Crippen molar-refractivity contribution >= 4 is 52.3 Å². The number of primary amides is 1. The molecule has 0 bridgehead atoms. The highest BCUT2D eigenvalue weighted by Gasteiger charge is 2.26. The number of amides is 4. The molecule has 0 aliphatic rings. The van der Waals surface area contributed by atoms with E-state index in [1.165, 1.54) is 0 Å². The first kappa shape index (κ1) is 28.7. The van der Waals surface area contributed by atoms with Gasteiger partial charge in [-0.2, -0.15) is 11.8 Å². The van der Waals surface area contributed by atoms with Crippen LogP contribution in [0.2, 0.25) is 0 Å². The number of carboxylic acid groups (broad SMARTS) is 1. The van der Waals surface area contributed by atoms with Crippen LogP contribution >= 0.6 is 11.8 Å². The summed E-state index contributed by atoms with van der Waals surface area (Å²) in [6.07, 6.45) is 3.80. The summed E-state index contributed by atoms with van der Waals surface area (Å²) in [5, 5.41) is 17.5. The van der Waals surface area contributed by atoms with E-state index < -0.39 is 54.3 Å². The van der Waals surface area contributed by atoms with Gasteiger partial charge in [0.2, 0.25) is 23.6 Å². The molecule has 9 N–H and O–H groups in total. The van der Waals surface area contributed by atoms with Gasteiger partial charge in [0.1, 0.15) is 12.1 Å². The number of hydrogen-bond donors (Lipinski definition) is 7. The molecule has 0 aliphatic heterocycles. The Hall–Kier alpha value is -3.58. The molecule has 1 heterocycles. The van der Waals surface area contributed by atoms with E-state index in [1.54, 1.807) is 18.0 Å². The second-order valence-electron chi connectivity index (χ2n) is 8.19. The summed E-state index contributed by atoms with van der Waals surface area (Å²) in [6.45, 7) is -0.530. The third-order valence-corrected chi connectivity index (χ3v) is 6.08. The lowest BCUT2D eigenvalue weighted by Gasteiger charge is -2.21. The Balaban J connectivity index is 2.08. The minimum Gasteiger partial charge on any atom is -0.480 e. The van der Waals surface area contributed by atoms with Gasteiger partial charge in [-0.05, 0) is 36.5 Å². The van der Waals surface area contributed by atoms with Gasteiger partial charge >= 0.3 is 5.97 Å². The number of fused-ring (bicyclic) bond motifs is 1. The first-order chi connectivity index (χ1) is 17.1. The summed E-state index contributed by atoms with van der Waals surface area (Å²) in [4.78, 5) is 63.2. The molecule has 36 heavy (non-hydrogen) atoms. The average Bonchev–Trinajstić information content (AvgIpc) is 3.25. The quantitative estimate of drug-likeness (QED) is 0.158. The van der Waals surface area contributed by atoms with E-state index in [4.69, 9.17) is 11.5 Å². The molecule has 0 saturated heterocycles. The summed E-state index contributed by atoms with van der Waals surface area (Å²) >= 11 is 1.55. The highest BCUT2D eigenvalue weighted by molar-refractivity contribution is 7.98. The summed E-state index contributed by atoms with van der Waals surface area (Å²) < 4.78 is 0. The average molecular weight is 521 g/mol. The number of aliphatic carboxylic acids is 1. The second-order valence-corrected chi connectivity index (χ2v) is 9.18. The summed E-state index contributed by atoms with van der Waals surface area (Å²) in [6, 6.07) is 4.31. The normalized spacial score (nSPS) is 13.4. The van der Waals surface area contributed by atoms with Crippen molar-refractivity contribution < 1.29 is 29.1 Å². The molecule has 0 spiro atoms. The van der Waals surface area contributed by atoms with E-state index in [0.717, 1.165) is 16.5 Å². The first-order valence-corrected chi connectivity index (χ1v) is 12.7. The van der Waals surface area contributed by atoms with Crippen LogP contribution in [0, 0.1) is 0 Å². The standard InChI is InChI=1S/C23H32N6O6S/c1-36-9-8-15(24)21(32)29-18(10-13-11-26-16-5-3-2-4-14(13)16)22(33)27-12-20(31)28-17(23(34)35)6-7-19(25)30/h2-5,11,15,17-18,26H,6-10,12,24H2,1H3,(H2,25,30)(H,27,33)(H,28,31)(H,29,32)(H,34,35). The molecular formula is C23H32N6O6S. The first-order valence-electron chi connectivity index (χ1n) is 11.3. The number of thioether (sulfide) groups is 1. The van der Waals surface area contributed by atoms with E-state index in [2.05, 4.69) is 20.9 Å². The molecule has 0 radical (unpaired) electrons. The fraction of sp³-hybridized carbons (Fsp3) is 0.435. The van der Waals surface area contributed by atoms with Crippen molar-refractivity contribution in [3.63, 3.8) is 0 Å². The number of para-hydroxylation sites is 1. The summed E-state index contributed by atoms with van der Waals surface area (Å²) in [7, 11) is 0. The molecular weight excluding hydrogens is 488 g/mol. The fourth-order valence-corrected chi connectivity index (χ4v) is 3.95. The van der Waals surface area contributed by atoms with Gasteiger partial charge in [0, 0.05) is 29.9 Å². The minimum atomic E-state index is -1.34. The van der Waals surface area contributed by atoms with Gasteiger partial charge in [-0.25, -0.2) is 4.79 Å². The Kier molecular flexibility index (Phi) is 11.2. The number of carboxylic acids is 1. The van der Waals surface area contributed by atoms with E-state index in [1.807, 2.05) is 30.5 Å². The Morgan fingerprint density at radius 3 is 2.44 bits per heavy atom. The summed E-state index contributed by atoms with van der Waals surface area (Å²) in [5.74, 6) is -3.26. The third kappa shape index (κ3) is 8.89. The Labute approximate surface area is 212 Å². The van der Waals surface area contributed by atoms with E-state index in [-0.39, 0.29) is 19.3 Å². The number of carbonyl (C=O) groups excluding carboxylic acids is 4. The predicted octanol–water partition coefficient (Wildman–Crippen LogP) is -0.773. The van der Waals surface area contributed by atoms with Crippen LogP contribution in [-0.4, -0.2) is 76.4 Å². The lowest BCUT2D eigenvalue weighted by molar-refractivity contribution is -0.142. The fourth-order valence-electron chi connectivity index (χ4n) is 3.46. The van der Waals surface area contributed by atoms with Crippen LogP contribution < -0.4 is 27.4 Å². The monoisotopic (exact) mass is 520 g/mol. The molecule has 1 aromatic carbocycles. The molecule has 2 aromatic rings. The molecule has 13 heteroatoms. The molecule has 2 rings (SSSR count). The van der Waals surface area contributed by atoms with Crippen molar-refractivity contribution in [2.45, 2.75) is 43.8 Å². The van der Waals surface area contributed by atoms with Crippen molar-refractivity contribution in [3.05, 3.63) is 36.0 Å². The second kappa shape index (κ2) is 14.1. The van der Waals surface area contributed by atoms with Crippen molar-refractivity contribution in [1.29, 1.82) is 0 Å². The molecule has 196 valence electrons. The molecule has 0 fully saturated rings. The lowest BCUT2D eigenvalue weighted by atomic mass is 10.0. The lowest BCUT2D eigenvalue weighted by Crippen LogP contribution is -2.54. The Morgan fingerprint density at radius 1 is 1.06 bits per heavy atom. The van der Waals surface area contributed by atoms with Crippen LogP contribution in [0.3, 0.4) is 0 Å². The van der Waals surface area contributed by atoms with Crippen LogP contribution in [0.25, 0.3) is 10.9 Å². The molecule has 0 saturated carbocycles. The van der Waals surface area contributed by atoms with E-state index in [9.17, 15) is 29.1 Å². The topological polar surface area (TPSA) is 209 Å². The van der Waals surface area contributed by atoms with Crippen LogP contribution in [-0.2, 0) is 30.4 Å². The largest absolute Gasteiger partial charge is 0.480 e. The number of carbonyl (C=O) groups is 5. The van der Waals surface area contributed by atoms with Gasteiger partial charge in [-0.15, -0.1) is 0 Å². The number of nitrogens with one attached hydrogen (secondary N) is 4. The maximum absolute atomic E-state index is 13.0. The molecule has 1 aromatic heterocycles. The Morgan fingerprint density at radius 2 is 1.78 bits per heavy atom. The zero-order valence-corrected chi connectivity index (χ0v) is 20.7. The number of H-pyrrole nitrogens is 1.